The molecule has 1 atom stereocenters. The van der Waals surface area contributed by atoms with Gasteiger partial charge in [0.15, 0.2) is 0 Å². The molecule has 0 saturated carbocycles. The predicted molar refractivity (Wildman–Crippen MR) is 221 cm³/mol. The summed E-state index contributed by atoms with van der Waals surface area (Å²) >= 11 is 3.75. The summed E-state index contributed by atoms with van der Waals surface area (Å²) in [5.41, 5.74) is 4.67. The fourth-order valence-corrected chi connectivity index (χ4v) is 11.2. The molecular formula is C46H27N3S2. The van der Waals surface area contributed by atoms with Crippen LogP contribution in [0.3, 0.4) is 0 Å². The fraction of sp³-hybridized carbons (Fsp3) is 0.0217. The van der Waals surface area contributed by atoms with Crippen LogP contribution in [0.4, 0.5) is 5.69 Å². The number of fused-ring (bicyclic) bond motifs is 16. The Labute approximate surface area is 300 Å². The molecule has 1 unspecified atom stereocenters. The molecule has 4 heterocycles. The maximum atomic E-state index is 5.61. The molecular weight excluding hydrogens is 659 g/mol. The smallest absolute Gasteiger partial charge is 0.209 e. The lowest BCUT2D eigenvalue weighted by Crippen LogP contribution is -2.36. The summed E-state index contributed by atoms with van der Waals surface area (Å²) in [5, 5.41) is 18.1. The van der Waals surface area contributed by atoms with E-state index in [0.29, 0.717) is 0 Å². The molecule has 238 valence electrons. The van der Waals surface area contributed by atoms with Gasteiger partial charge in [0.25, 0.3) is 0 Å². The van der Waals surface area contributed by atoms with E-state index in [1.54, 1.807) is 0 Å². The van der Waals surface area contributed by atoms with E-state index in [9.17, 15) is 0 Å². The van der Waals surface area contributed by atoms with E-state index in [4.69, 9.17) is 4.99 Å². The molecule has 8 aromatic carbocycles. The van der Waals surface area contributed by atoms with Gasteiger partial charge in [0, 0.05) is 46.4 Å². The largest absolute Gasteiger partial charge is 0.343 e. The third-order valence-corrected chi connectivity index (χ3v) is 13.2. The maximum absolute atomic E-state index is 5.61. The number of nitrogens with one attached hydrogen (secondary N) is 1. The van der Waals surface area contributed by atoms with Crippen LogP contribution in [0, 0.1) is 0 Å². The van der Waals surface area contributed by atoms with Crippen molar-refractivity contribution in [2.24, 2.45) is 4.99 Å². The number of para-hydroxylation sites is 1. The molecule has 0 aliphatic carbocycles. The number of hydrogen-bond donors (Lipinski definition) is 1. The number of rotatable bonds is 1. The maximum Gasteiger partial charge on any atom is 0.209 e. The molecule has 12 rings (SSSR count). The molecule has 0 amide bonds. The molecule has 0 fully saturated rings. The second kappa shape index (κ2) is 10.3. The Kier molecular flexibility index (Phi) is 5.59. The van der Waals surface area contributed by atoms with Crippen molar-refractivity contribution < 1.29 is 0 Å². The fourth-order valence-electron chi connectivity index (χ4n) is 8.69. The number of nitrogens with zero attached hydrogens (tertiary/aromatic N) is 2. The lowest BCUT2D eigenvalue weighted by atomic mass is 9.92. The van der Waals surface area contributed by atoms with Crippen LogP contribution in [-0.4, -0.2) is 10.5 Å². The first-order valence-electron chi connectivity index (χ1n) is 17.3. The summed E-state index contributed by atoms with van der Waals surface area (Å²) in [6.45, 7) is 0. The lowest BCUT2D eigenvalue weighted by molar-refractivity contribution is 0.753. The van der Waals surface area contributed by atoms with E-state index in [0.717, 1.165) is 17.2 Å². The van der Waals surface area contributed by atoms with Crippen molar-refractivity contribution in [1.29, 1.82) is 0 Å². The van der Waals surface area contributed by atoms with Crippen LogP contribution in [-0.2, 0) is 0 Å². The molecule has 11 aromatic rings. The van der Waals surface area contributed by atoms with Crippen LogP contribution >= 0.6 is 22.7 Å². The average molecular weight is 686 g/mol. The Balaban J connectivity index is 1.23. The normalized spacial score (nSPS) is 14.7. The second-order valence-electron chi connectivity index (χ2n) is 13.5. The van der Waals surface area contributed by atoms with E-state index in [2.05, 4.69) is 162 Å². The second-order valence-corrected chi connectivity index (χ2v) is 15.6. The Hall–Kier alpha value is -6.01. The number of aromatic nitrogens is 1. The molecule has 3 nitrogen and oxygen atoms in total. The third kappa shape index (κ3) is 3.74. The first-order valence-corrected chi connectivity index (χ1v) is 19.0. The van der Waals surface area contributed by atoms with Crippen LogP contribution in [0.5, 0.6) is 0 Å². The summed E-state index contributed by atoms with van der Waals surface area (Å²) in [5.74, 6) is 0.852. The molecule has 0 radical (unpaired) electrons. The van der Waals surface area contributed by atoms with Gasteiger partial charge in [-0.2, -0.15) is 0 Å². The minimum absolute atomic E-state index is 0.102. The highest BCUT2D eigenvalue weighted by Gasteiger charge is 2.32. The highest BCUT2D eigenvalue weighted by atomic mass is 32.1. The zero-order valence-corrected chi connectivity index (χ0v) is 28.9. The van der Waals surface area contributed by atoms with Gasteiger partial charge in [-0.25, -0.2) is 4.99 Å². The first-order chi connectivity index (χ1) is 25.3. The first kappa shape index (κ1) is 27.8. The van der Waals surface area contributed by atoms with Gasteiger partial charge in [0.05, 0.1) is 27.6 Å². The van der Waals surface area contributed by atoms with Gasteiger partial charge in [0.2, 0.25) is 5.96 Å². The van der Waals surface area contributed by atoms with Crippen molar-refractivity contribution in [3.63, 3.8) is 0 Å². The van der Waals surface area contributed by atoms with Gasteiger partial charge in [-0.05, 0) is 56.8 Å². The van der Waals surface area contributed by atoms with Crippen molar-refractivity contribution in [3.8, 4) is 0 Å². The zero-order valence-electron chi connectivity index (χ0n) is 27.2. The molecule has 1 N–H and O–H groups in total. The van der Waals surface area contributed by atoms with Crippen LogP contribution in [0.25, 0.3) is 84.4 Å². The van der Waals surface area contributed by atoms with Crippen molar-refractivity contribution in [2.45, 2.75) is 6.04 Å². The van der Waals surface area contributed by atoms with Gasteiger partial charge >= 0.3 is 0 Å². The minimum Gasteiger partial charge on any atom is -0.343 e. The summed E-state index contributed by atoms with van der Waals surface area (Å²) in [6, 6.07) is 55.3. The van der Waals surface area contributed by atoms with Crippen molar-refractivity contribution >= 4 is 119 Å². The van der Waals surface area contributed by atoms with Crippen molar-refractivity contribution in [1.82, 2.24) is 9.88 Å². The molecule has 0 bridgehead atoms. The highest BCUT2D eigenvalue weighted by Crippen LogP contribution is 2.50. The zero-order chi connectivity index (χ0) is 33.2. The van der Waals surface area contributed by atoms with Gasteiger partial charge < -0.3 is 5.32 Å². The Morgan fingerprint density at radius 2 is 1.12 bits per heavy atom. The van der Waals surface area contributed by atoms with E-state index in [1.165, 1.54) is 89.3 Å². The lowest BCUT2D eigenvalue weighted by Gasteiger charge is -2.28. The Morgan fingerprint density at radius 3 is 1.94 bits per heavy atom. The average Bonchev–Trinajstić information content (AvgIpc) is 3.87. The molecule has 1 aliphatic rings. The van der Waals surface area contributed by atoms with Gasteiger partial charge in [-0.15, -0.1) is 22.7 Å². The van der Waals surface area contributed by atoms with Crippen molar-refractivity contribution in [2.75, 3.05) is 0 Å². The highest BCUT2D eigenvalue weighted by molar-refractivity contribution is 7.27. The summed E-state index contributed by atoms with van der Waals surface area (Å²) in [4.78, 5) is 6.85. The monoisotopic (exact) mass is 685 g/mol. The Morgan fingerprint density at radius 1 is 0.510 bits per heavy atom. The summed E-state index contributed by atoms with van der Waals surface area (Å²) < 4.78 is 6.31. The summed E-state index contributed by atoms with van der Waals surface area (Å²) in [7, 11) is 0. The summed E-state index contributed by atoms with van der Waals surface area (Å²) in [6.07, 6.45) is 0. The SMILES string of the molecule is c1ccc2c(c1)cc(C1NC(n3c4ccccc4c4c5sc6ccccc6c5c5ccccc5c43)=Nc3c1sc1ccccc31)c1ccccc12. The number of thiophene rings is 2. The molecule has 5 heteroatoms. The van der Waals surface area contributed by atoms with E-state index in [1.807, 2.05) is 22.7 Å². The predicted octanol–water partition coefficient (Wildman–Crippen LogP) is 13.1. The standard InChI is InChI=1S/C46H27N3S2/c1-2-14-27-26(13-1)25-35(29-16-4-3-15-28(27)29)42-45-41(34-21-9-12-24-38(34)51-45)47-46(48-42)49-36-22-10-7-19-32(36)40-43(49)31-18-6-5-17-30(31)39-33-20-8-11-23-37(33)50-44(39)40/h1-25,42H,(H,47,48). The quantitative estimate of drug-likeness (QED) is 0.171. The third-order valence-electron chi connectivity index (χ3n) is 10.8. The Bertz CT molecular complexity index is 3300. The van der Waals surface area contributed by atoms with Gasteiger partial charge in [0.1, 0.15) is 0 Å². The van der Waals surface area contributed by atoms with E-state index in [-0.39, 0.29) is 6.04 Å². The van der Waals surface area contributed by atoms with Gasteiger partial charge in [-0.3, -0.25) is 4.57 Å². The van der Waals surface area contributed by atoms with Crippen LogP contribution in [0.1, 0.15) is 16.5 Å². The molecule has 0 saturated heterocycles. The van der Waals surface area contributed by atoms with Crippen molar-refractivity contribution in [3.05, 3.63) is 162 Å². The van der Waals surface area contributed by atoms with Crippen LogP contribution in [0.2, 0.25) is 0 Å². The van der Waals surface area contributed by atoms with E-state index < -0.39 is 0 Å². The number of benzene rings is 8. The number of hydrogen-bond acceptors (Lipinski definition) is 4. The van der Waals surface area contributed by atoms with E-state index >= 15 is 0 Å². The molecule has 51 heavy (non-hydrogen) atoms. The minimum atomic E-state index is -0.102. The van der Waals surface area contributed by atoms with Crippen LogP contribution < -0.4 is 5.32 Å². The molecule has 3 aromatic heterocycles. The molecule has 0 spiro atoms. The topological polar surface area (TPSA) is 29.3 Å². The number of aliphatic imine (C=N–C) groups is 1. The van der Waals surface area contributed by atoms with Gasteiger partial charge in [-0.1, -0.05) is 127 Å². The molecule has 1 aliphatic heterocycles. The van der Waals surface area contributed by atoms with Crippen LogP contribution in [0.15, 0.2) is 157 Å².